The van der Waals surface area contributed by atoms with Gasteiger partial charge >= 0.3 is 0 Å². The van der Waals surface area contributed by atoms with Crippen molar-refractivity contribution in [3.05, 3.63) is 34.3 Å². The largest absolute Gasteiger partial charge is 0.309 e. The minimum absolute atomic E-state index is 0.292. The Hall–Kier alpha value is -0.180. The number of aryl methyl sites for hydroxylation is 1. The van der Waals surface area contributed by atoms with E-state index in [9.17, 15) is 0 Å². The molecular weight excluding hydrogens is 274 g/mol. The lowest BCUT2D eigenvalue weighted by atomic mass is 10.1. The summed E-state index contributed by atoms with van der Waals surface area (Å²) >= 11 is 8.24. The van der Waals surface area contributed by atoms with E-state index in [2.05, 4.69) is 51.2 Å². The van der Waals surface area contributed by atoms with Gasteiger partial charge in [0, 0.05) is 21.6 Å². The van der Waals surface area contributed by atoms with Crippen LogP contribution in [0.4, 0.5) is 0 Å². The molecule has 1 nitrogen and oxygen atoms in total. The van der Waals surface area contributed by atoms with Gasteiger partial charge in [-0.1, -0.05) is 51.4 Å². The van der Waals surface area contributed by atoms with Crippen LogP contribution in [-0.4, -0.2) is 17.0 Å². The molecule has 0 fully saturated rings. The topological polar surface area (TPSA) is 12.0 Å². The molecule has 0 spiro atoms. The van der Waals surface area contributed by atoms with Gasteiger partial charge in [0.05, 0.1) is 0 Å². The average Bonchev–Trinajstić information content (AvgIpc) is 2.32. The fourth-order valence-corrected chi connectivity index (χ4v) is 2.92. The first-order valence-corrected chi connectivity index (χ1v) is 8.33. The molecule has 1 aromatic rings. The van der Waals surface area contributed by atoms with Crippen LogP contribution in [-0.2, 0) is 0 Å². The number of nitrogens with one attached hydrogen (secondary N) is 1. The van der Waals surface area contributed by atoms with Crippen molar-refractivity contribution in [1.29, 1.82) is 0 Å². The normalized spacial score (nSPS) is 13.6. The summed E-state index contributed by atoms with van der Waals surface area (Å²) in [5, 5.41) is 4.49. The Morgan fingerprint density at radius 1 is 1.32 bits per heavy atom. The highest BCUT2D eigenvalue weighted by atomic mass is 35.5. The summed E-state index contributed by atoms with van der Waals surface area (Å²) in [4.78, 5) is 0. The molecule has 108 valence electrons. The highest BCUT2D eigenvalue weighted by molar-refractivity contribution is 8.00. The van der Waals surface area contributed by atoms with Crippen molar-refractivity contribution in [1.82, 2.24) is 5.32 Å². The zero-order chi connectivity index (χ0) is 14.5. The van der Waals surface area contributed by atoms with Crippen LogP contribution in [0.3, 0.4) is 0 Å². The molecule has 0 aliphatic carbocycles. The lowest BCUT2D eigenvalue weighted by molar-refractivity contribution is 0.575. The van der Waals surface area contributed by atoms with Crippen LogP contribution in [0, 0.1) is 6.92 Å². The number of halogens is 1. The van der Waals surface area contributed by atoms with E-state index in [1.807, 2.05) is 18.7 Å². The van der Waals surface area contributed by atoms with Crippen LogP contribution in [0.15, 0.2) is 18.2 Å². The van der Waals surface area contributed by atoms with Crippen LogP contribution in [0.1, 0.15) is 51.3 Å². The Morgan fingerprint density at radius 2 is 2.00 bits per heavy atom. The first-order valence-electron chi connectivity index (χ1n) is 6.97. The predicted molar refractivity (Wildman–Crippen MR) is 89.4 cm³/mol. The quantitative estimate of drug-likeness (QED) is 0.773. The number of hydrogen-bond donors (Lipinski definition) is 1. The van der Waals surface area contributed by atoms with Crippen molar-refractivity contribution in [2.45, 2.75) is 51.8 Å². The van der Waals surface area contributed by atoms with E-state index in [0.29, 0.717) is 10.8 Å². The second-order valence-electron chi connectivity index (χ2n) is 5.94. The summed E-state index contributed by atoms with van der Waals surface area (Å²) in [5.41, 5.74) is 2.43. The smallest absolute Gasteiger partial charge is 0.0438 e. The summed E-state index contributed by atoms with van der Waals surface area (Å²) in [7, 11) is 0. The van der Waals surface area contributed by atoms with Gasteiger partial charge in [0.25, 0.3) is 0 Å². The van der Waals surface area contributed by atoms with Crippen molar-refractivity contribution < 1.29 is 0 Å². The second-order valence-corrected chi connectivity index (χ2v) is 8.19. The van der Waals surface area contributed by atoms with Gasteiger partial charge in [-0.3, -0.25) is 0 Å². The number of rotatable bonds is 6. The highest BCUT2D eigenvalue weighted by Crippen LogP contribution is 2.30. The average molecular weight is 300 g/mol. The van der Waals surface area contributed by atoms with Crippen molar-refractivity contribution >= 4 is 23.4 Å². The zero-order valence-electron chi connectivity index (χ0n) is 12.7. The van der Waals surface area contributed by atoms with Crippen molar-refractivity contribution in [3.63, 3.8) is 0 Å². The third-order valence-corrected chi connectivity index (χ3v) is 4.70. The Labute approximate surface area is 127 Å². The minimum atomic E-state index is 0.292. The number of benzene rings is 1. The highest BCUT2D eigenvalue weighted by Gasteiger charge is 2.17. The van der Waals surface area contributed by atoms with Crippen molar-refractivity contribution in [2.75, 3.05) is 12.3 Å². The standard InChI is InChI=1S/C16H26ClNS/c1-6-9-18-15(11-19-16(3,4)5)13-8-7-12(2)14(17)10-13/h7-8,10,15,18H,6,9,11H2,1-5H3. The van der Waals surface area contributed by atoms with Gasteiger partial charge in [-0.15, -0.1) is 0 Å². The number of thioether (sulfide) groups is 1. The molecule has 1 atom stereocenters. The van der Waals surface area contributed by atoms with Crippen LogP contribution in [0.5, 0.6) is 0 Å². The molecule has 0 aliphatic rings. The van der Waals surface area contributed by atoms with Crippen LogP contribution >= 0.6 is 23.4 Å². The Morgan fingerprint density at radius 3 is 2.53 bits per heavy atom. The molecule has 0 radical (unpaired) electrons. The van der Waals surface area contributed by atoms with E-state index in [4.69, 9.17) is 11.6 Å². The van der Waals surface area contributed by atoms with Gasteiger partial charge in [-0.05, 0) is 37.1 Å². The summed E-state index contributed by atoms with van der Waals surface area (Å²) in [6.07, 6.45) is 1.15. The summed E-state index contributed by atoms with van der Waals surface area (Å²) in [6, 6.07) is 6.79. The maximum atomic E-state index is 6.25. The molecule has 0 heterocycles. The molecular formula is C16H26ClNS. The lowest BCUT2D eigenvalue weighted by Crippen LogP contribution is -2.26. The summed E-state index contributed by atoms with van der Waals surface area (Å²) < 4.78 is 0.292. The molecule has 1 unspecified atom stereocenters. The summed E-state index contributed by atoms with van der Waals surface area (Å²) in [6.45, 7) is 12.1. The van der Waals surface area contributed by atoms with Gasteiger partial charge in [0.2, 0.25) is 0 Å². The third kappa shape index (κ3) is 6.20. The first-order chi connectivity index (χ1) is 8.83. The molecule has 3 heteroatoms. The van der Waals surface area contributed by atoms with Gasteiger partial charge in [-0.25, -0.2) is 0 Å². The van der Waals surface area contributed by atoms with Crippen LogP contribution < -0.4 is 5.32 Å². The van der Waals surface area contributed by atoms with Crippen molar-refractivity contribution in [3.8, 4) is 0 Å². The fraction of sp³-hybridized carbons (Fsp3) is 0.625. The molecule has 0 bridgehead atoms. The van der Waals surface area contributed by atoms with Gasteiger partial charge in [0.1, 0.15) is 0 Å². The number of hydrogen-bond acceptors (Lipinski definition) is 2. The maximum Gasteiger partial charge on any atom is 0.0438 e. The molecule has 0 amide bonds. The Balaban J connectivity index is 2.79. The maximum absolute atomic E-state index is 6.25. The lowest BCUT2D eigenvalue weighted by Gasteiger charge is -2.24. The minimum Gasteiger partial charge on any atom is -0.309 e. The summed E-state index contributed by atoms with van der Waals surface area (Å²) in [5.74, 6) is 1.07. The Bertz CT molecular complexity index is 398. The van der Waals surface area contributed by atoms with Gasteiger partial charge in [0.15, 0.2) is 0 Å². The zero-order valence-corrected chi connectivity index (χ0v) is 14.3. The SMILES string of the molecule is CCCNC(CSC(C)(C)C)c1ccc(C)c(Cl)c1. The van der Waals surface area contributed by atoms with E-state index < -0.39 is 0 Å². The molecule has 0 saturated carbocycles. The molecule has 1 N–H and O–H groups in total. The van der Waals surface area contributed by atoms with E-state index in [1.54, 1.807) is 0 Å². The van der Waals surface area contributed by atoms with E-state index >= 15 is 0 Å². The van der Waals surface area contributed by atoms with E-state index in [-0.39, 0.29) is 0 Å². The predicted octanol–water partition coefficient (Wildman–Crippen LogP) is 5.22. The molecule has 1 rings (SSSR count). The monoisotopic (exact) mass is 299 g/mol. The molecule has 0 aromatic heterocycles. The van der Waals surface area contributed by atoms with Gasteiger partial charge < -0.3 is 5.32 Å². The fourth-order valence-electron chi connectivity index (χ4n) is 1.75. The Kier molecular flexibility index (Phi) is 6.72. The van der Waals surface area contributed by atoms with Gasteiger partial charge in [-0.2, -0.15) is 11.8 Å². The van der Waals surface area contributed by atoms with E-state index in [1.165, 1.54) is 5.56 Å². The first kappa shape index (κ1) is 16.9. The van der Waals surface area contributed by atoms with Crippen molar-refractivity contribution in [2.24, 2.45) is 0 Å². The molecule has 0 saturated heterocycles. The molecule has 1 aromatic carbocycles. The third-order valence-electron chi connectivity index (χ3n) is 2.92. The van der Waals surface area contributed by atoms with E-state index in [0.717, 1.165) is 29.3 Å². The van der Waals surface area contributed by atoms with Crippen LogP contribution in [0.2, 0.25) is 5.02 Å². The molecule has 0 aliphatic heterocycles. The molecule has 19 heavy (non-hydrogen) atoms. The second kappa shape index (κ2) is 7.56. The van der Waals surface area contributed by atoms with Crippen LogP contribution in [0.25, 0.3) is 0 Å².